The number of furan rings is 1. The molecule has 1 N–H and O–H groups in total. The maximum atomic E-state index is 13.3. The Labute approximate surface area is 191 Å². The summed E-state index contributed by atoms with van der Waals surface area (Å²) in [6.45, 7) is 5.81. The smallest absolute Gasteiger partial charge is 0.331 e. The summed E-state index contributed by atoms with van der Waals surface area (Å²) in [5.41, 5.74) is -1.74. The largest absolute Gasteiger partial charge is 0.472 e. The van der Waals surface area contributed by atoms with Crippen LogP contribution in [0.5, 0.6) is 0 Å². The van der Waals surface area contributed by atoms with E-state index in [9.17, 15) is 14.7 Å². The van der Waals surface area contributed by atoms with Crippen molar-refractivity contribution in [2.75, 3.05) is 0 Å². The number of fused-ring (bicyclic) bond motifs is 1. The van der Waals surface area contributed by atoms with Crippen LogP contribution in [0.4, 0.5) is 0 Å². The summed E-state index contributed by atoms with van der Waals surface area (Å²) in [4.78, 5) is 25.2. The van der Waals surface area contributed by atoms with Crippen LogP contribution < -0.4 is 0 Å². The molecule has 3 saturated heterocycles. The van der Waals surface area contributed by atoms with Crippen molar-refractivity contribution in [2.24, 2.45) is 22.7 Å². The van der Waals surface area contributed by atoms with Gasteiger partial charge in [-0.3, -0.25) is 4.79 Å². The van der Waals surface area contributed by atoms with E-state index in [0.29, 0.717) is 32.1 Å². The number of carbonyl (C=O) groups excluding carboxylic acids is 2. The Balaban J connectivity index is 1.23. The summed E-state index contributed by atoms with van der Waals surface area (Å²) >= 11 is 0. The van der Waals surface area contributed by atoms with E-state index in [4.69, 9.17) is 23.4 Å². The lowest BCUT2D eigenvalue weighted by atomic mass is 9.66. The second-order valence-corrected chi connectivity index (χ2v) is 11.7. The molecule has 5 heterocycles. The number of ether oxygens (including phenoxy) is 4. The molecule has 1 aromatic heterocycles. The van der Waals surface area contributed by atoms with Gasteiger partial charge in [0.25, 0.3) is 0 Å². The Hall–Kier alpha value is -2.16. The Morgan fingerprint density at radius 1 is 1.06 bits per heavy atom. The first-order valence-electron chi connectivity index (χ1n) is 11.8. The van der Waals surface area contributed by atoms with Crippen molar-refractivity contribution in [1.82, 2.24) is 0 Å². The molecule has 2 aliphatic carbocycles. The van der Waals surface area contributed by atoms with Crippen LogP contribution in [0, 0.1) is 22.7 Å². The van der Waals surface area contributed by atoms with E-state index in [0.717, 1.165) is 5.56 Å². The van der Waals surface area contributed by atoms with Gasteiger partial charge in [0, 0.05) is 48.2 Å². The number of carbonyl (C=O) groups is 2. The maximum absolute atomic E-state index is 13.3. The molecule has 1 spiro atoms. The van der Waals surface area contributed by atoms with Crippen molar-refractivity contribution in [3.63, 3.8) is 0 Å². The molecule has 5 fully saturated rings. The minimum absolute atomic E-state index is 0.174. The van der Waals surface area contributed by atoms with Gasteiger partial charge in [0.2, 0.25) is 0 Å². The van der Waals surface area contributed by atoms with Crippen LogP contribution in [-0.4, -0.2) is 39.8 Å². The molecule has 7 rings (SSSR count). The molecule has 176 valence electrons. The van der Waals surface area contributed by atoms with Gasteiger partial charge in [0.1, 0.15) is 11.7 Å². The first-order valence-corrected chi connectivity index (χ1v) is 11.8. The second-order valence-electron chi connectivity index (χ2n) is 11.7. The molecule has 4 aliphatic heterocycles. The predicted molar refractivity (Wildman–Crippen MR) is 110 cm³/mol. The van der Waals surface area contributed by atoms with E-state index in [1.54, 1.807) is 18.6 Å². The van der Waals surface area contributed by atoms with Crippen LogP contribution in [0.25, 0.3) is 0 Å². The van der Waals surface area contributed by atoms with Gasteiger partial charge in [-0.25, -0.2) is 4.79 Å². The normalized spacial score (nSPS) is 53.0. The van der Waals surface area contributed by atoms with E-state index in [1.807, 2.05) is 26.8 Å². The van der Waals surface area contributed by atoms with E-state index in [2.05, 4.69) is 0 Å². The zero-order valence-electron chi connectivity index (χ0n) is 19.0. The fourth-order valence-corrected chi connectivity index (χ4v) is 8.27. The average molecular weight is 456 g/mol. The van der Waals surface area contributed by atoms with Gasteiger partial charge in [0.05, 0.1) is 23.5 Å². The van der Waals surface area contributed by atoms with Gasteiger partial charge >= 0.3 is 11.9 Å². The number of hydrogen-bond acceptors (Lipinski definition) is 8. The molecule has 0 amide bonds. The van der Waals surface area contributed by atoms with Crippen LogP contribution in [-0.2, 0) is 28.5 Å². The summed E-state index contributed by atoms with van der Waals surface area (Å²) < 4.78 is 29.8. The topological polar surface area (TPSA) is 104 Å². The lowest BCUT2D eigenvalue weighted by molar-refractivity contribution is -0.322. The summed E-state index contributed by atoms with van der Waals surface area (Å²) in [5.74, 6) is -3.74. The van der Waals surface area contributed by atoms with Crippen molar-refractivity contribution in [1.29, 1.82) is 0 Å². The van der Waals surface area contributed by atoms with Crippen LogP contribution in [0.3, 0.4) is 0 Å². The van der Waals surface area contributed by atoms with Gasteiger partial charge in [-0.2, -0.15) is 0 Å². The van der Waals surface area contributed by atoms with Crippen LogP contribution in [0.15, 0.2) is 35.2 Å². The SMILES string of the molecule is CC1(C)O[C@]2(C[C@@H]1[C@]1(C)C=CC(=O)O1)C[C@H]1[C@@]34C[C@]3(CC[C@]1(O)O2)[C@@H](c1ccoc1)OC4=O. The molecule has 0 radical (unpaired) electrons. The molecule has 8 nitrogen and oxygen atoms in total. The lowest BCUT2D eigenvalue weighted by Crippen LogP contribution is -2.47. The molecule has 6 aliphatic rings. The van der Waals surface area contributed by atoms with E-state index < -0.39 is 34.1 Å². The van der Waals surface area contributed by atoms with E-state index in [1.165, 1.54) is 6.08 Å². The van der Waals surface area contributed by atoms with Gasteiger partial charge in [-0.1, -0.05) is 0 Å². The molecule has 33 heavy (non-hydrogen) atoms. The van der Waals surface area contributed by atoms with Crippen LogP contribution in [0.1, 0.15) is 64.5 Å². The molecule has 0 aromatic carbocycles. The number of esters is 2. The molecule has 2 saturated carbocycles. The van der Waals surface area contributed by atoms with Crippen LogP contribution >= 0.6 is 0 Å². The molecule has 8 atom stereocenters. The monoisotopic (exact) mass is 456 g/mol. The summed E-state index contributed by atoms with van der Waals surface area (Å²) in [7, 11) is 0. The summed E-state index contributed by atoms with van der Waals surface area (Å²) in [6.07, 6.45) is 8.67. The van der Waals surface area contributed by atoms with Gasteiger partial charge in [-0.05, 0) is 45.8 Å². The number of cyclic esters (lactones) is 2. The number of hydrogen-bond donors (Lipinski definition) is 1. The Bertz CT molecular complexity index is 1110. The van der Waals surface area contributed by atoms with E-state index >= 15 is 0 Å². The average Bonchev–Trinajstić information content (AvgIpc) is 3.22. The first-order chi connectivity index (χ1) is 15.5. The number of rotatable bonds is 2. The van der Waals surface area contributed by atoms with Crippen molar-refractivity contribution >= 4 is 11.9 Å². The summed E-state index contributed by atoms with van der Waals surface area (Å²) in [5, 5.41) is 11.7. The Morgan fingerprint density at radius 3 is 2.55 bits per heavy atom. The zero-order chi connectivity index (χ0) is 23.1. The molecule has 8 heteroatoms. The molecule has 0 bridgehead atoms. The standard InChI is InChI=1S/C25H28O8/c1-20(2)15(21(3)6-4-17(26)31-21)10-23(32-20)11-16-24-13-22(24,7-8-25(16,28)33-23)18(30-19(24)27)14-5-9-29-12-14/h4-6,9,12,15-16,18,28H,7-8,10-11,13H2,1-3H3/t15-,16-,18+,21-,22+,23-,24+,25-/m0/s1. The molecule has 1 aromatic rings. The fraction of sp³-hybridized carbons (Fsp3) is 0.680. The van der Waals surface area contributed by atoms with Crippen molar-refractivity contribution in [3.05, 3.63) is 36.3 Å². The fourth-order valence-electron chi connectivity index (χ4n) is 8.27. The summed E-state index contributed by atoms with van der Waals surface area (Å²) in [6, 6.07) is 1.85. The minimum atomic E-state index is -1.46. The predicted octanol–water partition coefficient (Wildman–Crippen LogP) is 3.16. The van der Waals surface area contributed by atoms with Crippen LogP contribution in [0.2, 0.25) is 0 Å². The molecular weight excluding hydrogens is 428 g/mol. The Kier molecular flexibility index (Phi) is 3.41. The Morgan fingerprint density at radius 2 is 1.85 bits per heavy atom. The number of aliphatic hydroxyl groups is 1. The third-order valence-corrected chi connectivity index (χ3v) is 9.61. The lowest BCUT2D eigenvalue weighted by Gasteiger charge is -2.39. The highest BCUT2D eigenvalue weighted by Gasteiger charge is 2.89. The van der Waals surface area contributed by atoms with Crippen molar-refractivity contribution in [3.8, 4) is 0 Å². The van der Waals surface area contributed by atoms with Gasteiger partial charge < -0.3 is 28.5 Å². The highest BCUT2D eigenvalue weighted by Crippen LogP contribution is 2.85. The third-order valence-electron chi connectivity index (χ3n) is 9.61. The van der Waals surface area contributed by atoms with Crippen molar-refractivity contribution < 1.29 is 38.1 Å². The second kappa shape index (κ2) is 5.56. The quantitative estimate of drug-likeness (QED) is 0.677. The highest BCUT2D eigenvalue weighted by atomic mass is 16.8. The molecule has 0 unspecified atom stereocenters. The van der Waals surface area contributed by atoms with Crippen molar-refractivity contribution in [2.45, 2.75) is 81.8 Å². The third kappa shape index (κ3) is 2.23. The minimum Gasteiger partial charge on any atom is -0.472 e. The van der Waals surface area contributed by atoms with E-state index in [-0.39, 0.29) is 29.4 Å². The zero-order valence-corrected chi connectivity index (χ0v) is 19.0. The molecular formula is C25H28O8. The first kappa shape index (κ1) is 20.2. The van der Waals surface area contributed by atoms with Gasteiger partial charge in [-0.15, -0.1) is 0 Å². The highest BCUT2D eigenvalue weighted by molar-refractivity contribution is 5.87. The maximum Gasteiger partial charge on any atom is 0.331 e. The van der Waals surface area contributed by atoms with Gasteiger partial charge in [0.15, 0.2) is 11.6 Å².